The summed E-state index contributed by atoms with van der Waals surface area (Å²) in [6.45, 7) is 0.485. The molecule has 0 atom stereocenters. The summed E-state index contributed by atoms with van der Waals surface area (Å²) < 4.78 is 5.15. The van der Waals surface area contributed by atoms with Gasteiger partial charge in [-0.25, -0.2) is 9.97 Å². The Labute approximate surface area is 177 Å². The van der Waals surface area contributed by atoms with E-state index in [1.807, 2.05) is 42.5 Å². The van der Waals surface area contributed by atoms with Gasteiger partial charge in [0.15, 0.2) is 0 Å². The first kappa shape index (κ1) is 19.4. The predicted molar refractivity (Wildman–Crippen MR) is 118 cm³/mol. The maximum Gasteiger partial charge on any atom is 0.230 e. The number of carbonyl (C=O) groups excluding carboxylic acids is 1. The number of fused-ring (bicyclic) bond motifs is 1. The molecule has 0 aliphatic carbocycles. The van der Waals surface area contributed by atoms with Crippen molar-refractivity contribution < 1.29 is 9.53 Å². The van der Waals surface area contributed by atoms with E-state index in [4.69, 9.17) is 4.74 Å². The van der Waals surface area contributed by atoms with Gasteiger partial charge >= 0.3 is 0 Å². The van der Waals surface area contributed by atoms with Crippen LogP contribution in [0.5, 0.6) is 5.75 Å². The fourth-order valence-electron chi connectivity index (χ4n) is 2.82. The Morgan fingerprint density at radius 1 is 1.10 bits per heavy atom. The largest absolute Gasteiger partial charge is 0.497 e. The van der Waals surface area contributed by atoms with E-state index < -0.39 is 0 Å². The van der Waals surface area contributed by atoms with E-state index in [0.717, 1.165) is 37.0 Å². The predicted octanol–water partition coefficient (Wildman–Crippen LogP) is 4.78. The van der Waals surface area contributed by atoms with Gasteiger partial charge in [0.2, 0.25) is 5.91 Å². The lowest BCUT2D eigenvalue weighted by atomic mass is 10.2. The molecule has 0 radical (unpaired) electrons. The number of hydrogen-bond acceptors (Lipinski definition) is 6. The van der Waals surface area contributed by atoms with Gasteiger partial charge in [0.1, 0.15) is 21.9 Å². The van der Waals surface area contributed by atoms with Crippen LogP contribution >= 0.6 is 23.1 Å². The number of carbonyl (C=O) groups is 1. The second-order valence-corrected chi connectivity index (χ2v) is 8.28. The van der Waals surface area contributed by atoms with E-state index in [1.54, 1.807) is 24.8 Å². The molecule has 0 saturated heterocycles. The Kier molecular flexibility index (Phi) is 6.07. The molecule has 1 amide bonds. The topological polar surface area (TPSA) is 64.1 Å². The first-order chi connectivity index (χ1) is 14.2. The fraction of sp³-hybridized carbons (Fsp3) is 0.136. The highest BCUT2D eigenvalue weighted by atomic mass is 32.2. The third-order valence-electron chi connectivity index (χ3n) is 4.34. The van der Waals surface area contributed by atoms with Crippen LogP contribution in [0.3, 0.4) is 0 Å². The van der Waals surface area contributed by atoms with E-state index in [1.165, 1.54) is 11.8 Å². The molecule has 146 valence electrons. The standard InChI is InChI=1S/C22H19N3O2S2/c1-27-17-9-7-15(8-10-17)12-23-20(26)13-28-21-18-11-19(16-5-3-2-4-6-16)29-22(18)25-14-24-21/h2-11,14H,12-13H2,1H3,(H,23,26). The van der Waals surface area contributed by atoms with Crippen LogP contribution in [0.1, 0.15) is 5.56 Å². The van der Waals surface area contributed by atoms with Crippen molar-refractivity contribution in [3.63, 3.8) is 0 Å². The van der Waals surface area contributed by atoms with E-state index >= 15 is 0 Å². The van der Waals surface area contributed by atoms with Crippen LogP contribution < -0.4 is 10.1 Å². The molecule has 1 N–H and O–H groups in total. The molecule has 2 aromatic heterocycles. The van der Waals surface area contributed by atoms with Gasteiger partial charge in [0.05, 0.1) is 12.9 Å². The minimum absolute atomic E-state index is 0.0314. The van der Waals surface area contributed by atoms with Gasteiger partial charge in [-0.2, -0.15) is 0 Å². The SMILES string of the molecule is COc1ccc(CNC(=O)CSc2ncnc3sc(-c4ccccc4)cc23)cc1. The maximum absolute atomic E-state index is 12.3. The van der Waals surface area contributed by atoms with Crippen LogP contribution in [0.4, 0.5) is 0 Å². The third kappa shape index (κ3) is 4.75. The molecule has 0 spiro atoms. The summed E-state index contributed by atoms with van der Waals surface area (Å²) in [5.41, 5.74) is 2.18. The van der Waals surface area contributed by atoms with Crippen molar-refractivity contribution in [2.75, 3.05) is 12.9 Å². The quantitative estimate of drug-likeness (QED) is 0.344. The average molecular weight is 422 g/mol. The first-order valence-corrected chi connectivity index (χ1v) is 10.9. The van der Waals surface area contributed by atoms with Crippen LogP contribution in [0.25, 0.3) is 20.7 Å². The number of nitrogens with one attached hydrogen (secondary N) is 1. The molecular formula is C22H19N3O2S2. The van der Waals surface area contributed by atoms with Crippen LogP contribution in [-0.2, 0) is 11.3 Å². The number of amides is 1. The molecule has 2 heterocycles. The lowest BCUT2D eigenvalue weighted by Gasteiger charge is -2.06. The molecule has 29 heavy (non-hydrogen) atoms. The summed E-state index contributed by atoms with van der Waals surface area (Å²) in [6, 6.07) is 20.0. The van der Waals surface area contributed by atoms with Crippen molar-refractivity contribution in [2.45, 2.75) is 11.6 Å². The number of hydrogen-bond donors (Lipinski definition) is 1. The molecule has 4 aromatic rings. The van der Waals surface area contributed by atoms with Crippen LogP contribution in [0, 0.1) is 0 Å². The molecular weight excluding hydrogens is 402 g/mol. The molecule has 0 fully saturated rings. The van der Waals surface area contributed by atoms with Crippen LogP contribution in [0.15, 0.2) is 72.0 Å². The zero-order valence-electron chi connectivity index (χ0n) is 15.8. The zero-order valence-corrected chi connectivity index (χ0v) is 17.4. The van der Waals surface area contributed by atoms with Gasteiger partial charge in [-0.1, -0.05) is 54.2 Å². The minimum Gasteiger partial charge on any atom is -0.497 e. The number of benzene rings is 2. The van der Waals surface area contributed by atoms with E-state index in [0.29, 0.717) is 12.3 Å². The molecule has 7 heteroatoms. The number of methoxy groups -OCH3 is 1. The molecule has 0 aliphatic heterocycles. The van der Waals surface area contributed by atoms with Crippen molar-refractivity contribution in [1.29, 1.82) is 0 Å². The summed E-state index contributed by atoms with van der Waals surface area (Å²) in [5, 5.41) is 4.76. The van der Waals surface area contributed by atoms with Crippen molar-refractivity contribution in [1.82, 2.24) is 15.3 Å². The number of ether oxygens (including phenoxy) is 1. The molecule has 0 aliphatic rings. The molecule has 5 nitrogen and oxygen atoms in total. The number of nitrogens with zero attached hydrogens (tertiary/aromatic N) is 2. The first-order valence-electron chi connectivity index (χ1n) is 9.05. The Bertz CT molecular complexity index is 1110. The second-order valence-electron chi connectivity index (χ2n) is 6.29. The Morgan fingerprint density at radius 2 is 1.90 bits per heavy atom. The smallest absolute Gasteiger partial charge is 0.230 e. The molecule has 2 aromatic carbocycles. The lowest BCUT2D eigenvalue weighted by molar-refractivity contribution is -0.118. The minimum atomic E-state index is -0.0314. The van der Waals surface area contributed by atoms with Crippen molar-refractivity contribution in [2.24, 2.45) is 0 Å². The highest BCUT2D eigenvalue weighted by molar-refractivity contribution is 8.00. The van der Waals surface area contributed by atoms with E-state index in [9.17, 15) is 4.79 Å². The normalized spacial score (nSPS) is 10.8. The van der Waals surface area contributed by atoms with Gasteiger partial charge in [-0.15, -0.1) is 11.3 Å². The monoisotopic (exact) mass is 421 g/mol. The summed E-state index contributed by atoms with van der Waals surface area (Å²) in [6.07, 6.45) is 1.56. The Hall–Kier alpha value is -2.90. The summed E-state index contributed by atoms with van der Waals surface area (Å²) in [5.74, 6) is 1.07. The van der Waals surface area contributed by atoms with Crippen molar-refractivity contribution >= 4 is 39.2 Å². The Morgan fingerprint density at radius 3 is 2.66 bits per heavy atom. The zero-order chi connectivity index (χ0) is 20.1. The van der Waals surface area contributed by atoms with E-state index in [2.05, 4.69) is 33.5 Å². The summed E-state index contributed by atoms with van der Waals surface area (Å²) in [7, 11) is 1.63. The Balaban J connectivity index is 1.40. The lowest BCUT2D eigenvalue weighted by Crippen LogP contribution is -2.24. The number of thiophene rings is 1. The molecule has 4 rings (SSSR count). The summed E-state index contributed by atoms with van der Waals surface area (Å²) >= 11 is 3.07. The highest BCUT2D eigenvalue weighted by Crippen LogP contribution is 2.35. The number of rotatable bonds is 7. The molecule has 0 bridgehead atoms. The number of thioether (sulfide) groups is 1. The maximum atomic E-state index is 12.3. The van der Waals surface area contributed by atoms with E-state index in [-0.39, 0.29) is 5.91 Å². The number of aromatic nitrogens is 2. The van der Waals surface area contributed by atoms with Crippen molar-refractivity contribution in [3.8, 4) is 16.2 Å². The molecule has 0 unspecified atom stereocenters. The van der Waals surface area contributed by atoms with Crippen LogP contribution in [-0.4, -0.2) is 28.7 Å². The average Bonchev–Trinajstić information content (AvgIpc) is 3.22. The van der Waals surface area contributed by atoms with Gasteiger partial charge < -0.3 is 10.1 Å². The van der Waals surface area contributed by atoms with Crippen LogP contribution in [0.2, 0.25) is 0 Å². The summed E-state index contributed by atoms with van der Waals surface area (Å²) in [4.78, 5) is 23.1. The van der Waals surface area contributed by atoms with Crippen molar-refractivity contribution in [3.05, 3.63) is 72.6 Å². The highest BCUT2D eigenvalue weighted by Gasteiger charge is 2.12. The third-order valence-corrected chi connectivity index (χ3v) is 6.44. The fourth-order valence-corrected chi connectivity index (χ4v) is 4.69. The van der Waals surface area contributed by atoms with Gasteiger partial charge in [-0.05, 0) is 29.3 Å². The van der Waals surface area contributed by atoms with Gasteiger partial charge in [0.25, 0.3) is 0 Å². The molecule has 0 saturated carbocycles. The van der Waals surface area contributed by atoms with Gasteiger partial charge in [-0.3, -0.25) is 4.79 Å². The second kappa shape index (κ2) is 9.07. The van der Waals surface area contributed by atoms with Gasteiger partial charge in [0, 0.05) is 16.8 Å².